The Bertz CT molecular complexity index is 583. The third kappa shape index (κ3) is 2.49. The number of nitrogens with zero attached hydrogens (tertiary/aromatic N) is 3. The van der Waals surface area contributed by atoms with Crippen molar-refractivity contribution in [2.45, 2.75) is 11.4 Å². The van der Waals surface area contributed by atoms with Gasteiger partial charge in [0.2, 0.25) is 0 Å². The molecule has 1 aromatic heterocycles. The van der Waals surface area contributed by atoms with E-state index < -0.39 is 0 Å². The van der Waals surface area contributed by atoms with E-state index in [4.69, 9.17) is 0 Å². The van der Waals surface area contributed by atoms with Gasteiger partial charge >= 0.3 is 0 Å². The predicted octanol–water partition coefficient (Wildman–Crippen LogP) is 2.63. The zero-order valence-corrected chi connectivity index (χ0v) is 11.2. The summed E-state index contributed by atoms with van der Waals surface area (Å²) in [6, 6.07) is 8.07. The Morgan fingerprint density at radius 3 is 2.94 bits per heavy atom. The molecule has 0 atom stereocenters. The van der Waals surface area contributed by atoms with Crippen molar-refractivity contribution in [3.8, 4) is 6.07 Å². The van der Waals surface area contributed by atoms with Crippen LogP contribution >= 0.6 is 11.8 Å². The number of hydrogen-bond acceptors (Lipinski definition) is 4. The average Bonchev–Trinajstić information content (AvgIpc) is 2.81. The van der Waals surface area contributed by atoms with Crippen LogP contribution in [0.2, 0.25) is 0 Å². The fraction of sp³-hybridized carbons (Fsp3) is 0.231. The minimum Gasteiger partial charge on any atom is -0.377 e. The highest BCUT2D eigenvalue weighted by atomic mass is 32.2. The molecule has 0 aliphatic rings. The summed E-state index contributed by atoms with van der Waals surface area (Å²) in [5.41, 5.74) is 1.55. The fourth-order valence-corrected chi connectivity index (χ4v) is 2.28. The Hall–Kier alpha value is -1.93. The molecule has 1 heterocycles. The molecule has 4 nitrogen and oxygen atoms in total. The zero-order chi connectivity index (χ0) is 13.0. The van der Waals surface area contributed by atoms with Crippen molar-refractivity contribution in [3.63, 3.8) is 0 Å². The van der Waals surface area contributed by atoms with Crippen LogP contribution in [0, 0.1) is 11.3 Å². The van der Waals surface area contributed by atoms with E-state index in [1.165, 1.54) is 0 Å². The zero-order valence-electron chi connectivity index (χ0n) is 10.3. The molecular weight excluding hydrogens is 244 g/mol. The normalized spacial score (nSPS) is 10.1. The van der Waals surface area contributed by atoms with Crippen LogP contribution in [-0.2, 0) is 13.6 Å². The van der Waals surface area contributed by atoms with Gasteiger partial charge in [-0.25, -0.2) is 4.98 Å². The lowest BCUT2D eigenvalue weighted by molar-refractivity contribution is 0.812. The minimum absolute atomic E-state index is 0.607. The Balaban J connectivity index is 2.20. The monoisotopic (exact) mass is 258 g/mol. The topological polar surface area (TPSA) is 53.6 Å². The van der Waals surface area contributed by atoms with Crippen LogP contribution in [0.3, 0.4) is 0 Å². The van der Waals surface area contributed by atoms with Crippen LogP contribution in [0.4, 0.5) is 5.69 Å². The van der Waals surface area contributed by atoms with E-state index >= 15 is 0 Å². The molecule has 0 saturated heterocycles. The summed E-state index contributed by atoms with van der Waals surface area (Å²) >= 11 is 1.58. The summed E-state index contributed by atoms with van der Waals surface area (Å²) in [6.07, 6.45) is 5.64. The maximum absolute atomic E-state index is 9.22. The third-order valence-corrected chi connectivity index (χ3v) is 3.50. The molecule has 5 heteroatoms. The van der Waals surface area contributed by atoms with Crippen molar-refractivity contribution in [1.29, 1.82) is 5.26 Å². The van der Waals surface area contributed by atoms with E-state index in [2.05, 4.69) is 16.4 Å². The smallest absolute Gasteiger partial charge is 0.127 e. The quantitative estimate of drug-likeness (QED) is 0.857. The molecular formula is C13H14N4S. The van der Waals surface area contributed by atoms with Crippen molar-refractivity contribution >= 4 is 17.4 Å². The van der Waals surface area contributed by atoms with Gasteiger partial charge in [-0.1, -0.05) is 6.07 Å². The van der Waals surface area contributed by atoms with Crippen molar-refractivity contribution in [3.05, 3.63) is 42.0 Å². The maximum Gasteiger partial charge on any atom is 0.127 e. The highest BCUT2D eigenvalue weighted by Crippen LogP contribution is 2.26. The van der Waals surface area contributed by atoms with Gasteiger partial charge in [0.15, 0.2) is 0 Å². The lowest BCUT2D eigenvalue weighted by Crippen LogP contribution is -2.06. The number of nitrogens with one attached hydrogen (secondary N) is 1. The molecule has 0 saturated carbocycles. The van der Waals surface area contributed by atoms with Gasteiger partial charge in [-0.2, -0.15) is 5.26 Å². The molecule has 2 aromatic rings. The van der Waals surface area contributed by atoms with E-state index in [-0.39, 0.29) is 0 Å². The first-order valence-corrected chi connectivity index (χ1v) is 6.76. The van der Waals surface area contributed by atoms with Gasteiger partial charge in [0.25, 0.3) is 0 Å². The summed E-state index contributed by atoms with van der Waals surface area (Å²) in [5, 5.41) is 12.5. The lowest BCUT2D eigenvalue weighted by Gasteiger charge is -2.10. The summed E-state index contributed by atoms with van der Waals surface area (Å²) in [6.45, 7) is 0.607. The first kappa shape index (κ1) is 12.5. The number of anilines is 1. The van der Waals surface area contributed by atoms with Gasteiger partial charge in [-0.3, -0.25) is 0 Å². The van der Waals surface area contributed by atoms with Gasteiger partial charge in [-0.15, -0.1) is 11.8 Å². The van der Waals surface area contributed by atoms with Crippen LogP contribution in [0.25, 0.3) is 0 Å². The molecule has 0 unspecified atom stereocenters. The Morgan fingerprint density at radius 2 is 2.33 bits per heavy atom. The number of imidazole rings is 1. The van der Waals surface area contributed by atoms with Crippen molar-refractivity contribution < 1.29 is 0 Å². The molecule has 1 N–H and O–H groups in total. The Kier molecular flexibility index (Phi) is 3.90. The fourth-order valence-electron chi connectivity index (χ4n) is 1.70. The van der Waals surface area contributed by atoms with E-state index in [0.29, 0.717) is 12.1 Å². The molecule has 0 spiro atoms. The van der Waals surface area contributed by atoms with E-state index in [1.54, 1.807) is 18.0 Å². The van der Waals surface area contributed by atoms with Crippen molar-refractivity contribution in [1.82, 2.24) is 9.55 Å². The summed E-state index contributed by atoms with van der Waals surface area (Å²) in [4.78, 5) is 5.23. The number of rotatable bonds is 4. The van der Waals surface area contributed by atoms with Crippen LogP contribution in [0.5, 0.6) is 0 Å². The second-order valence-corrected chi connectivity index (χ2v) is 4.65. The van der Waals surface area contributed by atoms with Crippen LogP contribution < -0.4 is 5.32 Å². The predicted molar refractivity (Wildman–Crippen MR) is 73.5 cm³/mol. The highest BCUT2D eigenvalue weighted by molar-refractivity contribution is 7.98. The molecule has 1 aromatic carbocycles. The molecule has 0 fully saturated rings. The molecule has 0 aliphatic heterocycles. The second kappa shape index (κ2) is 5.61. The van der Waals surface area contributed by atoms with Crippen LogP contribution in [-0.4, -0.2) is 15.8 Å². The van der Waals surface area contributed by atoms with Crippen LogP contribution in [0.15, 0.2) is 35.5 Å². The third-order valence-electron chi connectivity index (χ3n) is 2.72. The largest absolute Gasteiger partial charge is 0.377 e. The summed E-state index contributed by atoms with van der Waals surface area (Å²) in [5.74, 6) is 0.938. The van der Waals surface area contributed by atoms with Gasteiger partial charge in [-0.05, 0) is 18.4 Å². The SMILES string of the molecule is CSc1cccc(NCc2nccn2C)c1C#N. The lowest BCUT2D eigenvalue weighted by atomic mass is 10.2. The van der Waals surface area contributed by atoms with E-state index in [1.807, 2.05) is 42.3 Å². The molecule has 18 heavy (non-hydrogen) atoms. The van der Waals surface area contributed by atoms with E-state index in [9.17, 15) is 5.26 Å². The number of aryl methyl sites for hydroxylation is 1. The summed E-state index contributed by atoms with van der Waals surface area (Å²) in [7, 11) is 1.95. The number of nitriles is 1. The second-order valence-electron chi connectivity index (χ2n) is 3.80. The maximum atomic E-state index is 9.22. The van der Waals surface area contributed by atoms with Crippen LogP contribution in [0.1, 0.15) is 11.4 Å². The molecule has 0 aliphatic carbocycles. The first-order valence-electron chi connectivity index (χ1n) is 5.53. The van der Waals surface area contributed by atoms with Crippen molar-refractivity contribution in [2.24, 2.45) is 7.05 Å². The standard InChI is InChI=1S/C13H14N4S/c1-17-7-6-15-13(17)9-16-11-4-3-5-12(18-2)10(11)8-14/h3-7,16H,9H2,1-2H3. The van der Waals surface area contributed by atoms with Gasteiger partial charge in [0.1, 0.15) is 11.9 Å². The van der Waals surface area contributed by atoms with Gasteiger partial charge in [0, 0.05) is 24.3 Å². The van der Waals surface area contributed by atoms with Gasteiger partial charge in [0.05, 0.1) is 17.8 Å². The average molecular weight is 258 g/mol. The Morgan fingerprint density at radius 1 is 1.50 bits per heavy atom. The molecule has 0 bridgehead atoms. The molecule has 2 rings (SSSR count). The minimum atomic E-state index is 0.607. The highest BCUT2D eigenvalue weighted by Gasteiger charge is 2.07. The number of thioether (sulfide) groups is 1. The molecule has 0 amide bonds. The number of benzene rings is 1. The number of aromatic nitrogens is 2. The molecule has 0 radical (unpaired) electrons. The van der Waals surface area contributed by atoms with E-state index in [0.717, 1.165) is 16.4 Å². The Labute approximate surface area is 111 Å². The van der Waals surface area contributed by atoms with Gasteiger partial charge < -0.3 is 9.88 Å². The number of hydrogen-bond donors (Lipinski definition) is 1. The molecule has 92 valence electrons. The first-order chi connectivity index (χ1) is 8.76. The summed E-state index contributed by atoms with van der Waals surface area (Å²) < 4.78 is 1.96. The van der Waals surface area contributed by atoms with Crippen molar-refractivity contribution in [2.75, 3.05) is 11.6 Å².